The minimum atomic E-state index is -2.57. The van der Waals surface area contributed by atoms with E-state index >= 15 is 0 Å². The van der Waals surface area contributed by atoms with Crippen molar-refractivity contribution >= 4 is 0 Å². The monoisotopic (exact) mass is 162 g/mol. The molecule has 0 spiro atoms. The van der Waals surface area contributed by atoms with Crippen molar-refractivity contribution in [1.29, 1.82) is 0 Å². The topological polar surface area (TPSA) is 18.5 Å². The molecule has 2 nitrogen and oxygen atoms in total. The van der Waals surface area contributed by atoms with Crippen LogP contribution in [0.4, 0.5) is 17.6 Å². The van der Waals surface area contributed by atoms with E-state index in [1.165, 1.54) is 0 Å². The summed E-state index contributed by atoms with van der Waals surface area (Å²) in [4.78, 5) is 0. The molecule has 0 aliphatic carbocycles. The van der Waals surface area contributed by atoms with E-state index in [9.17, 15) is 17.6 Å². The molecule has 2 atom stereocenters. The van der Waals surface area contributed by atoms with Crippen molar-refractivity contribution in [3.05, 3.63) is 0 Å². The van der Waals surface area contributed by atoms with E-state index in [0.29, 0.717) is 0 Å². The van der Waals surface area contributed by atoms with Gasteiger partial charge in [-0.25, -0.2) is 17.6 Å². The van der Waals surface area contributed by atoms with Crippen LogP contribution in [0, 0.1) is 0 Å². The van der Waals surface area contributed by atoms with Gasteiger partial charge in [0.1, 0.15) is 0 Å². The van der Waals surface area contributed by atoms with E-state index in [4.69, 9.17) is 0 Å². The quantitative estimate of drug-likeness (QED) is 0.570. The summed E-state index contributed by atoms with van der Waals surface area (Å²) in [5, 5.41) is 0. The van der Waals surface area contributed by atoms with Crippen LogP contribution >= 0.6 is 0 Å². The molecule has 0 fully saturated rings. The highest BCUT2D eigenvalue weighted by Gasteiger charge is 2.21. The number of hydrogen-bond acceptors (Lipinski definition) is 2. The number of rotatable bonds is 5. The first kappa shape index (κ1) is 9.64. The number of halogens is 4. The maximum Gasteiger partial charge on any atom is 0.257 e. The molecule has 62 valence electrons. The van der Waals surface area contributed by atoms with Crippen molar-refractivity contribution in [1.82, 2.24) is 0 Å². The summed E-state index contributed by atoms with van der Waals surface area (Å²) in [6, 6.07) is 0. The Morgan fingerprint density at radius 3 is 1.40 bits per heavy atom. The SMILES string of the molecule is FCOC(F)C(F)OCF. The van der Waals surface area contributed by atoms with Gasteiger partial charge in [-0.2, -0.15) is 0 Å². The van der Waals surface area contributed by atoms with E-state index in [1.54, 1.807) is 0 Å². The minimum absolute atomic E-state index is 1.47. The van der Waals surface area contributed by atoms with Gasteiger partial charge in [-0.1, -0.05) is 0 Å². The van der Waals surface area contributed by atoms with Gasteiger partial charge in [-0.15, -0.1) is 0 Å². The molecule has 0 radical (unpaired) electrons. The van der Waals surface area contributed by atoms with Gasteiger partial charge in [-0.3, -0.25) is 0 Å². The highest BCUT2D eigenvalue weighted by atomic mass is 19.2. The largest absolute Gasteiger partial charge is 0.312 e. The average molecular weight is 162 g/mol. The van der Waals surface area contributed by atoms with Crippen LogP contribution in [0.2, 0.25) is 0 Å². The Bertz CT molecular complexity index is 71.7. The van der Waals surface area contributed by atoms with Gasteiger partial charge in [-0.05, 0) is 0 Å². The molecule has 0 aliphatic heterocycles. The fourth-order valence-corrected chi connectivity index (χ4v) is 0.272. The highest BCUT2D eigenvalue weighted by molar-refractivity contribution is 4.42. The molecule has 0 aromatic rings. The second-order valence-electron chi connectivity index (χ2n) is 1.25. The van der Waals surface area contributed by atoms with Crippen LogP contribution < -0.4 is 0 Å². The molecule has 2 unspecified atom stereocenters. The summed E-state index contributed by atoms with van der Waals surface area (Å²) in [6.07, 6.45) is -5.14. The summed E-state index contributed by atoms with van der Waals surface area (Å²) in [5.74, 6) is 0. The van der Waals surface area contributed by atoms with Crippen LogP contribution in [0.15, 0.2) is 0 Å². The van der Waals surface area contributed by atoms with Crippen LogP contribution in [-0.2, 0) is 9.47 Å². The van der Waals surface area contributed by atoms with Crippen molar-refractivity contribution in [3.63, 3.8) is 0 Å². The zero-order valence-corrected chi connectivity index (χ0v) is 4.90. The first-order chi connectivity index (χ1) is 4.72. The Morgan fingerprint density at radius 2 is 1.20 bits per heavy atom. The molecule has 0 saturated carbocycles. The van der Waals surface area contributed by atoms with Crippen molar-refractivity contribution in [2.45, 2.75) is 12.7 Å². The lowest BCUT2D eigenvalue weighted by atomic mass is 10.7. The Morgan fingerprint density at radius 1 is 0.900 bits per heavy atom. The summed E-state index contributed by atoms with van der Waals surface area (Å²) in [7, 11) is 0. The molecule has 0 amide bonds. The van der Waals surface area contributed by atoms with E-state index in [2.05, 4.69) is 9.47 Å². The van der Waals surface area contributed by atoms with Crippen LogP contribution in [0.25, 0.3) is 0 Å². The molecule has 0 aromatic carbocycles. The van der Waals surface area contributed by atoms with Crippen LogP contribution in [0.3, 0.4) is 0 Å². The summed E-state index contributed by atoms with van der Waals surface area (Å²) in [6.45, 7) is -2.95. The molecule has 0 bridgehead atoms. The van der Waals surface area contributed by atoms with Gasteiger partial charge < -0.3 is 9.47 Å². The van der Waals surface area contributed by atoms with Crippen molar-refractivity contribution < 1.29 is 27.0 Å². The van der Waals surface area contributed by atoms with Crippen molar-refractivity contribution in [2.75, 3.05) is 13.7 Å². The number of hydrogen-bond donors (Lipinski definition) is 0. The molecule has 6 heteroatoms. The Hall–Kier alpha value is -0.360. The number of ether oxygens (including phenoxy) is 2. The Balaban J connectivity index is 3.38. The second kappa shape index (κ2) is 5.43. The molecule has 0 N–H and O–H groups in total. The first-order valence-electron chi connectivity index (χ1n) is 2.35. The molecule has 0 aromatic heterocycles. The van der Waals surface area contributed by atoms with Gasteiger partial charge in [0.2, 0.25) is 0 Å². The molecule has 0 aliphatic rings. The fraction of sp³-hybridized carbons (Fsp3) is 1.00. The smallest absolute Gasteiger partial charge is 0.257 e. The van der Waals surface area contributed by atoms with E-state index < -0.39 is 26.4 Å². The van der Waals surface area contributed by atoms with Gasteiger partial charge in [0, 0.05) is 0 Å². The van der Waals surface area contributed by atoms with Gasteiger partial charge in [0.05, 0.1) is 0 Å². The third-order valence-electron chi connectivity index (χ3n) is 0.650. The van der Waals surface area contributed by atoms with Crippen LogP contribution in [0.1, 0.15) is 0 Å². The zero-order chi connectivity index (χ0) is 7.98. The molecule has 10 heavy (non-hydrogen) atoms. The second-order valence-corrected chi connectivity index (χ2v) is 1.25. The minimum Gasteiger partial charge on any atom is -0.312 e. The van der Waals surface area contributed by atoms with Crippen LogP contribution in [-0.4, -0.2) is 26.4 Å². The maximum atomic E-state index is 11.9. The average Bonchev–Trinajstić information content (AvgIpc) is 1.89. The standard InChI is InChI=1S/C4H6F4O2/c5-1-9-3(7)4(8)10-2-6/h3-4H,1-2H2. The third kappa shape index (κ3) is 3.62. The maximum absolute atomic E-state index is 11.9. The lowest BCUT2D eigenvalue weighted by Gasteiger charge is -2.10. The summed E-state index contributed by atoms with van der Waals surface area (Å²) in [5.41, 5.74) is 0. The van der Waals surface area contributed by atoms with Gasteiger partial charge in [0.25, 0.3) is 12.7 Å². The van der Waals surface area contributed by atoms with Gasteiger partial charge in [0.15, 0.2) is 13.7 Å². The molecular weight excluding hydrogens is 156 g/mol. The molecule has 0 rings (SSSR count). The predicted molar refractivity (Wildman–Crippen MR) is 23.9 cm³/mol. The van der Waals surface area contributed by atoms with Crippen molar-refractivity contribution in [3.8, 4) is 0 Å². The normalized spacial score (nSPS) is 16.8. The van der Waals surface area contributed by atoms with E-state index in [1.807, 2.05) is 0 Å². The molecule has 0 heterocycles. The molecular formula is C4H6F4O2. The lowest BCUT2D eigenvalue weighted by Crippen LogP contribution is -2.23. The van der Waals surface area contributed by atoms with Gasteiger partial charge >= 0.3 is 0 Å². The Kier molecular flexibility index (Phi) is 5.23. The Labute approximate surface area is 54.7 Å². The zero-order valence-electron chi connectivity index (χ0n) is 4.90. The number of alkyl halides is 4. The fourth-order valence-electron chi connectivity index (χ4n) is 0.272. The van der Waals surface area contributed by atoms with E-state index in [0.717, 1.165) is 0 Å². The summed E-state index contributed by atoms with van der Waals surface area (Å²) < 4.78 is 52.8. The predicted octanol–water partition coefficient (Wildman–Crippen LogP) is 1.46. The van der Waals surface area contributed by atoms with Crippen LogP contribution in [0.5, 0.6) is 0 Å². The lowest BCUT2D eigenvalue weighted by molar-refractivity contribution is -0.211. The molecule has 0 saturated heterocycles. The van der Waals surface area contributed by atoms with E-state index in [-0.39, 0.29) is 0 Å². The highest BCUT2D eigenvalue weighted by Crippen LogP contribution is 2.07. The first-order valence-corrected chi connectivity index (χ1v) is 2.35. The third-order valence-corrected chi connectivity index (χ3v) is 0.650. The summed E-state index contributed by atoms with van der Waals surface area (Å²) >= 11 is 0. The van der Waals surface area contributed by atoms with Crippen molar-refractivity contribution in [2.24, 2.45) is 0 Å².